The van der Waals surface area contributed by atoms with Crippen LogP contribution in [0.25, 0.3) is 11.0 Å². The van der Waals surface area contributed by atoms with Crippen molar-refractivity contribution in [1.82, 2.24) is 14.9 Å². The van der Waals surface area contributed by atoms with E-state index in [1.165, 1.54) is 4.90 Å². The van der Waals surface area contributed by atoms with E-state index in [-0.39, 0.29) is 43.2 Å². The first-order valence-electron chi connectivity index (χ1n) is 9.77. The molecule has 1 saturated carbocycles. The molecule has 7 heteroatoms. The number of likely N-dealkylation sites (tertiary alicyclic amines) is 1. The number of aryl methyl sites for hydroxylation is 1. The number of benzene rings is 1. The number of nitrogens with zero attached hydrogens (tertiary/aromatic N) is 3. The molecule has 2 heterocycles. The Labute approximate surface area is 163 Å². The topological polar surface area (TPSA) is 89.5 Å². The fraction of sp³-hybridized carbons (Fsp3) is 0.476. The van der Waals surface area contributed by atoms with Gasteiger partial charge in [-0.15, -0.1) is 0 Å². The zero-order valence-electron chi connectivity index (χ0n) is 15.9. The third kappa shape index (κ3) is 3.48. The maximum atomic E-state index is 12.4. The minimum absolute atomic E-state index is 0.00300. The van der Waals surface area contributed by atoms with E-state index in [0.29, 0.717) is 11.4 Å². The number of carbonyl (C=O) groups excluding carboxylic acids is 3. The number of ether oxygens (including phenoxy) is 1. The molecule has 146 valence electrons. The van der Waals surface area contributed by atoms with Gasteiger partial charge in [-0.1, -0.05) is 25.0 Å². The van der Waals surface area contributed by atoms with E-state index in [9.17, 15) is 14.4 Å². The molecule has 0 N–H and O–H groups in total. The minimum atomic E-state index is -0.454. The van der Waals surface area contributed by atoms with Gasteiger partial charge >= 0.3 is 5.97 Å². The Morgan fingerprint density at radius 3 is 2.32 bits per heavy atom. The smallest absolute Gasteiger partial charge is 0.307 e. The van der Waals surface area contributed by atoms with Crippen molar-refractivity contribution in [2.75, 3.05) is 6.54 Å². The summed E-state index contributed by atoms with van der Waals surface area (Å²) in [6, 6.07) is 7.51. The van der Waals surface area contributed by atoms with Crippen LogP contribution < -0.4 is 0 Å². The highest BCUT2D eigenvalue weighted by Crippen LogP contribution is 2.37. The summed E-state index contributed by atoms with van der Waals surface area (Å²) >= 11 is 0. The molecule has 2 aromatic rings. The lowest BCUT2D eigenvalue weighted by molar-refractivity contribution is -0.146. The fourth-order valence-electron chi connectivity index (χ4n) is 4.14. The zero-order chi connectivity index (χ0) is 19.7. The maximum absolute atomic E-state index is 12.4. The standard InChI is InChI=1S/C21H23N3O4/c1-13-18(23-17-9-5-4-8-16(17)22-13)12-28-19(25)10-11-24-20(26)14-6-2-3-7-15(14)21(24)27/h4-5,8-9,14-15H,2-3,6-7,10-12H2,1H3. The molecular formula is C21H23N3O4. The first-order valence-corrected chi connectivity index (χ1v) is 9.77. The quantitative estimate of drug-likeness (QED) is 0.584. The van der Waals surface area contributed by atoms with Gasteiger partial charge in [-0.05, 0) is 31.9 Å². The predicted octanol–water partition coefficient (Wildman–Crippen LogP) is 2.55. The highest BCUT2D eigenvalue weighted by molar-refractivity contribution is 6.05. The van der Waals surface area contributed by atoms with E-state index in [2.05, 4.69) is 9.97 Å². The summed E-state index contributed by atoms with van der Waals surface area (Å²) in [5.41, 5.74) is 2.85. The molecule has 2 aliphatic rings. The molecule has 2 atom stereocenters. The summed E-state index contributed by atoms with van der Waals surface area (Å²) in [4.78, 5) is 47.3. The first-order chi connectivity index (χ1) is 13.5. The minimum Gasteiger partial charge on any atom is -0.459 e. The largest absolute Gasteiger partial charge is 0.459 e. The number of carbonyl (C=O) groups is 3. The van der Waals surface area contributed by atoms with Crippen LogP contribution in [0, 0.1) is 18.8 Å². The Kier molecular flexibility index (Phi) is 5.07. The average molecular weight is 381 g/mol. The lowest BCUT2D eigenvalue weighted by Crippen LogP contribution is -2.33. The summed E-state index contributed by atoms with van der Waals surface area (Å²) in [7, 11) is 0. The molecular weight excluding hydrogens is 358 g/mol. The molecule has 0 bridgehead atoms. The van der Waals surface area contributed by atoms with E-state index in [0.717, 1.165) is 36.7 Å². The number of rotatable bonds is 5. The number of hydrogen-bond acceptors (Lipinski definition) is 6. The summed E-state index contributed by atoms with van der Waals surface area (Å²) < 4.78 is 5.32. The van der Waals surface area contributed by atoms with E-state index in [1.807, 2.05) is 31.2 Å². The number of aromatic nitrogens is 2. The molecule has 4 rings (SSSR count). The van der Waals surface area contributed by atoms with Crippen LogP contribution in [-0.4, -0.2) is 39.2 Å². The zero-order valence-corrected chi connectivity index (χ0v) is 15.9. The molecule has 7 nitrogen and oxygen atoms in total. The number of fused-ring (bicyclic) bond motifs is 2. The molecule has 2 fully saturated rings. The lowest BCUT2D eigenvalue weighted by Gasteiger charge is -2.19. The summed E-state index contributed by atoms with van der Waals surface area (Å²) in [5, 5.41) is 0. The normalized spacial score (nSPS) is 21.8. The van der Waals surface area contributed by atoms with Crippen molar-refractivity contribution < 1.29 is 19.1 Å². The van der Waals surface area contributed by atoms with Gasteiger partial charge in [-0.25, -0.2) is 9.97 Å². The van der Waals surface area contributed by atoms with E-state index >= 15 is 0 Å². The van der Waals surface area contributed by atoms with E-state index in [1.54, 1.807) is 0 Å². The molecule has 1 aliphatic heterocycles. The molecule has 28 heavy (non-hydrogen) atoms. The molecule has 2 unspecified atom stereocenters. The molecule has 1 aromatic carbocycles. The molecule has 0 radical (unpaired) electrons. The van der Waals surface area contributed by atoms with Crippen LogP contribution in [0.2, 0.25) is 0 Å². The molecule has 2 amide bonds. The van der Waals surface area contributed by atoms with Crippen LogP contribution in [-0.2, 0) is 25.7 Å². The summed E-state index contributed by atoms with van der Waals surface area (Å²) in [5.74, 6) is -1.08. The Hall–Kier alpha value is -2.83. The van der Waals surface area contributed by atoms with Gasteiger partial charge in [0.05, 0.1) is 40.7 Å². The third-order valence-electron chi connectivity index (χ3n) is 5.68. The Balaban J connectivity index is 1.33. The van der Waals surface area contributed by atoms with Gasteiger partial charge in [0, 0.05) is 6.54 Å². The maximum Gasteiger partial charge on any atom is 0.307 e. The fourth-order valence-corrected chi connectivity index (χ4v) is 4.14. The van der Waals surface area contributed by atoms with Crippen LogP contribution in [0.3, 0.4) is 0 Å². The van der Waals surface area contributed by atoms with Gasteiger partial charge in [-0.2, -0.15) is 0 Å². The van der Waals surface area contributed by atoms with Crippen molar-refractivity contribution >= 4 is 28.8 Å². The molecule has 1 aliphatic carbocycles. The van der Waals surface area contributed by atoms with Crippen LogP contribution in [0.15, 0.2) is 24.3 Å². The van der Waals surface area contributed by atoms with Crippen LogP contribution in [0.5, 0.6) is 0 Å². The Morgan fingerprint density at radius 2 is 1.68 bits per heavy atom. The van der Waals surface area contributed by atoms with Crippen molar-refractivity contribution in [2.45, 2.75) is 45.6 Å². The number of para-hydroxylation sites is 2. The monoisotopic (exact) mass is 381 g/mol. The van der Waals surface area contributed by atoms with E-state index < -0.39 is 5.97 Å². The number of esters is 1. The van der Waals surface area contributed by atoms with Gasteiger partial charge in [0.15, 0.2) is 0 Å². The summed E-state index contributed by atoms with van der Waals surface area (Å²) in [6.45, 7) is 1.94. The van der Waals surface area contributed by atoms with Crippen LogP contribution >= 0.6 is 0 Å². The van der Waals surface area contributed by atoms with Crippen molar-refractivity contribution in [3.8, 4) is 0 Å². The molecule has 1 aromatic heterocycles. The molecule has 0 spiro atoms. The Morgan fingerprint density at radius 1 is 1.07 bits per heavy atom. The Bertz CT molecular complexity index is 918. The second kappa shape index (κ2) is 7.66. The first kappa shape index (κ1) is 18.5. The van der Waals surface area contributed by atoms with Crippen LogP contribution in [0.4, 0.5) is 0 Å². The number of hydrogen-bond donors (Lipinski definition) is 0. The van der Waals surface area contributed by atoms with Gasteiger partial charge in [0.1, 0.15) is 6.61 Å². The summed E-state index contributed by atoms with van der Waals surface area (Å²) in [6.07, 6.45) is 3.52. The van der Waals surface area contributed by atoms with Crippen molar-refractivity contribution in [3.05, 3.63) is 35.7 Å². The van der Waals surface area contributed by atoms with Crippen molar-refractivity contribution in [1.29, 1.82) is 0 Å². The van der Waals surface area contributed by atoms with Gasteiger partial charge in [0.25, 0.3) is 0 Å². The second-order valence-corrected chi connectivity index (χ2v) is 7.48. The van der Waals surface area contributed by atoms with Crippen molar-refractivity contribution in [2.24, 2.45) is 11.8 Å². The lowest BCUT2D eigenvalue weighted by atomic mass is 9.81. The third-order valence-corrected chi connectivity index (χ3v) is 5.68. The van der Waals surface area contributed by atoms with Gasteiger partial charge in [-0.3, -0.25) is 19.3 Å². The van der Waals surface area contributed by atoms with Crippen molar-refractivity contribution in [3.63, 3.8) is 0 Å². The SMILES string of the molecule is Cc1nc2ccccc2nc1COC(=O)CCN1C(=O)C2CCCCC2C1=O. The molecule has 1 saturated heterocycles. The van der Waals surface area contributed by atoms with Gasteiger partial charge < -0.3 is 4.74 Å². The highest BCUT2D eigenvalue weighted by Gasteiger charge is 2.47. The number of imide groups is 1. The number of amides is 2. The van der Waals surface area contributed by atoms with E-state index in [4.69, 9.17) is 4.74 Å². The predicted molar refractivity (Wildman–Crippen MR) is 101 cm³/mol. The van der Waals surface area contributed by atoms with Crippen LogP contribution in [0.1, 0.15) is 43.5 Å². The second-order valence-electron chi connectivity index (χ2n) is 7.48. The average Bonchev–Trinajstić information content (AvgIpc) is 2.95. The highest BCUT2D eigenvalue weighted by atomic mass is 16.5. The van der Waals surface area contributed by atoms with Gasteiger partial charge in [0.2, 0.25) is 11.8 Å².